The van der Waals surface area contributed by atoms with Gasteiger partial charge in [-0.3, -0.25) is 4.79 Å². The van der Waals surface area contributed by atoms with Crippen molar-refractivity contribution in [2.45, 2.75) is 11.4 Å². The lowest BCUT2D eigenvalue weighted by atomic mass is 10.3. The van der Waals surface area contributed by atoms with E-state index >= 15 is 0 Å². The summed E-state index contributed by atoms with van der Waals surface area (Å²) in [5.41, 5.74) is 0.146. The molecular weight excluding hydrogens is 386 g/mol. The summed E-state index contributed by atoms with van der Waals surface area (Å²) < 4.78 is 44.8. The van der Waals surface area contributed by atoms with Crippen LogP contribution >= 0.6 is 0 Å². The fourth-order valence-corrected chi connectivity index (χ4v) is 3.76. The Hall–Kier alpha value is -3.11. The second kappa shape index (κ2) is 7.49. The van der Waals surface area contributed by atoms with Gasteiger partial charge in [0.2, 0.25) is 10.0 Å². The van der Waals surface area contributed by atoms with E-state index in [1.807, 2.05) is 0 Å². The molecular formula is C18H17N3O6S. The number of benzene rings is 1. The van der Waals surface area contributed by atoms with Crippen LogP contribution in [0.15, 0.2) is 62.8 Å². The molecule has 0 unspecified atom stereocenters. The molecule has 0 spiro atoms. The zero-order valence-corrected chi connectivity index (χ0v) is 15.5. The van der Waals surface area contributed by atoms with Crippen LogP contribution in [-0.2, 0) is 16.6 Å². The van der Waals surface area contributed by atoms with Gasteiger partial charge in [0.1, 0.15) is 18.9 Å². The van der Waals surface area contributed by atoms with Crippen molar-refractivity contribution in [3.05, 3.63) is 59.1 Å². The van der Waals surface area contributed by atoms with Crippen LogP contribution in [0.25, 0.3) is 11.5 Å². The maximum absolute atomic E-state index is 12.5. The van der Waals surface area contributed by atoms with Gasteiger partial charge < -0.3 is 13.9 Å². The molecule has 1 aliphatic rings. The molecule has 28 heavy (non-hydrogen) atoms. The molecule has 10 heteroatoms. The number of hydrogen-bond donors (Lipinski definition) is 1. The second-order valence-electron chi connectivity index (χ2n) is 5.96. The highest BCUT2D eigenvalue weighted by atomic mass is 32.2. The van der Waals surface area contributed by atoms with Gasteiger partial charge >= 0.3 is 0 Å². The Morgan fingerprint density at radius 2 is 1.89 bits per heavy atom. The van der Waals surface area contributed by atoms with Gasteiger partial charge in [-0.25, -0.2) is 17.8 Å². The highest BCUT2D eigenvalue weighted by Gasteiger charge is 2.19. The lowest BCUT2D eigenvalue weighted by molar-refractivity contribution is 0.171. The van der Waals surface area contributed by atoms with Crippen LogP contribution in [0.4, 0.5) is 0 Å². The van der Waals surface area contributed by atoms with Crippen LogP contribution in [0.5, 0.6) is 11.5 Å². The lowest BCUT2D eigenvalue weighted by Gasteiger charge is -2.19. The average Bonchev–Trinajstić information content (AvgIpc) is 3.24. The molecule has 1 N–H and O–H groups in total. The average molecular weight is 403 g/mol. The molecule has 2 aromatic heterocycles. The number of aromatic nitrogens is 2. The van der Waals surface area contributed by atoms with E-state index in [-0.39, 0.29) is 23.5 Å². The van der Waals surface area contributed by atoms with E-state index in [1.165, 1.54) is 29.1 Å². The van der Waals surface area contributed by atoms with Gasteiger partial charge in [0.05, 0.1) is 17.7 Å². The molecule has 0 amide bonds. The van der Waals surface area contributed by atoms with E-state index in [9.17, 15) is 13.2 Å². The molecule has 0 radical (unpaired) electrons. The standard InChI is InChI=1S/C18H17N3O6S/c22-18-6-4-14(15-2-1-9-25-15)20-21(18)8-7-19-28(23,24)13-3-5-16-17(12-13)27-11-10-26-16/h1-6,9,12,19H,7-8,10-11H2. The number of hydrogen-bond acceptors (Lipinski definition) is 7. The molecule has 1 aliphatic heterocycles. The maximum atomic E-state index is 12.5. The maximum Gasteiger partial charge on any atom is 0.266 e. The van der Waals surface area contributed by atoms with Crippen molar-refractivity contribution in [2.24, 2.45) is 0 Å². The van der Waals surface area contributed by atoms with Crippen LogP contribution in [-0.4, -0.2) is 38.0 Å². The van der Waals surface area contributed by atoms with E-state index < -0.39 is 10.0 Å². The first-order valence-corrected chi connectivity index (χ1v) is 10.0. The summed E-state index contributed by atoms with van der Waals surface area (Å²) in [5.74, 6) is 1.42. The lowest BCUT2D eigenvalue weighted by Crippen LogP contribution is -2.32. The summed E-state index contributed by atoms with van der Waals surface area (Å²) in [6.07, 6.45) is 1.51. The van der Waals surface area contributed by atoms with Crippen molar-refractivity contribution in [1.29, 1.82) is 0 Å². The topological polar surface area (TPSA) is 113 Å². The third-order valence-electron chi connectivity index (χ3n) is 4.08. The van der Waals surface area contributed by atoms with Crippen LogP contribution in [0, 0.1) is 0 Å². The van der Waals surface area contributed by atoms with Crippen molar-refractivity contribution in [3.8, 4) is 23.0 Å². The third-order valence-corrected chi connectivity index (χ3v) is 5.54. The van der Waals surface area contributed by atoms with Crippen molar-refractivity contribution >= 4 is 10.0 Å². The van der Waals surface area contributed by atoms with E-state index in [0.29, 0.717) is 36.2 Å². The largest absolute Gasteiger partial charge is 0.486 e. The molecule has 9 nitrogen and oxygen atoms in total. The normalized spacial score (nSPS) is 13.4. The van der Waals surface area contributed by atoms with Crippen molar-refractivity contribution < 1.29 is 22.3 Å². The van der Waals surface area contributed by atoms with Crippen molar-refractivity contribution in [3.63, 3.8) is 0 Å². The Kier molecular flexibility index (Phi) is 4.88. The minimum Gasteiger partial charge on any atom is -0.486 e. The first kappa shape index (κ1) is 18.3. The van der Waals surface area contributed by atoms with E-state index in [1.54, 1.807) is 24.3 Å². The minimum atomic E-state index is -3.78. The molecule has 3 heterocycles. The molecule has 0 aliphatic carbocycles. The third kappa shape index (κ3) is 3.78. The van der Waals surface area contributed by atoms with Crippen LogP contribution in [0.1, 0.15) is 0 Å². The first-order valence-electron chi connectivity index (χ1n) is 8.54. The van der Waals surface area contributed by atoms with Gasteiger partial charge in [0, 0.05) is 18.7 Å². The molecule has 0 bridgehead atoms. The van der Waals surface area contributed by atoms with E-state index in [2.05, 4.69) is 9.82 Å². The Morgan fingerprint density at radius 3 is 2.68 bits per heavy atom. The van der Waals surface area contributed by atoms with Gasteiger partial charge in [0.15, 0.2) is 17.3 Å². The second-order valence-corrected chi connectivity index (χ2v) is 7.73. The van der Waals surface area contributed by atoms with Gasteiger partial charge in [0.25, 0.3) is 5.56 Å². The van der Waals surface area contributed by atoms with E-state index in [4.69, 9.17) is 13.9 Å². The Labute approximate surface area is 160 Å². The molecule has 0 fully saturated rings. The number of fused-ring (bicyclic) bond motifs is 1. The monoisotopic (exact) mass is 403 g/mol. The van der Waals surface area contributed by atoms with Gasteiger partial charge in [-0.05, 0) is 30.3 Å². The van der Waals surface area contributed by atoms with Crippen molar-refractivity contribution in [1.82, 2.24) is 14.5 Å². The SMILES string of the molecule is O=c1ccc(-c2ccco2)nn1CCNS(=O)(=O)c1ccc2c(c1)OCCO2. The van der Waals surface area contributed by atoms with Gasteiger partial charge in [-0.1, -0.05) is 0 Å². The number of ether oxygens (including phenoxy) is 2. The smallest absolute Gasteiger partial charge is 0.266 e. The molecule has 1 aromatic carbocycles. The van der Waals surface area contributed by atoms with E-state index in [0.717, 1.165) is 0 Å². The summed E-state index contributed by atoms with van der Waals surface area (Å²) in [6.45, 7) is 0.850. The van der Waals surface area contributed by atoms with Crippen LogP contribution in [0.3, 0.4) is 0 Å². The molecule has 0 atom stereocenters. The summed E-state index contributed by atoms with van der Waals surface area (Å²) in [7, 11) is -3.78. The van der Waals surface area contributed by atoms with Crippen LogP contribution < -0.4 is 19.8 Å². The zero-order chi connectivity index (χ0) is 19.6. The van der Waals surface area contributed by atoms with Crippen molar-refractivity contribution in [2.75, 3.05) is 19.8 Å². The molecule has 4 rings (SSSR count). The summed E-state index contributed by atoms with van der Waals surface area (Å²) in [4.78, 5) is 12.0. The summed E-state index contributed by atoms with van der Waals surface area (Å²) in [5, 5.41) is 4.20. The minimum absolute atomic E-state index is 0.00864. The number of rotatable bonds is 6. The summed E-state index contributed by atoms with van der Waals surface area (Å²) in [6, 6.07) is 10.8. The molecule has 3 aromatic rings. The molecule has 0 saturated heterocycles. The van der Waals surface area contributed by atoms with Crippen LogP contribution in [0.2, 0.25) is 0 Å². The summed E-state index contributed by atoms with van der Waals surface area (Å²) >= 11 is 0. The fourth-order valence-electron chi connectivity index (χ4n) is 2.72. The predicted octanol–water partition coefficient (Wildman–Crippen LogP) is 1.25. The Bertz CT molecular complexity index is 1140. The number of nitrogens with zero attached hydrogens (tertiary/aromatic N) is 2. The zero-order valence-electron chi connectivity index (χ0n) is 14.7. The fraction of sp³-hybridized carbons (Fsp3) is 0.222. The molecule has 0 saturated carbocycles. The predicted molar refractivity (Wildman–Crippen MR) is 98.8 cm³/mol. The number of nitrogens with one attached hydrogen (secondary N) is 1. The Balaban J connectivity index is 1.46. The molecule has 146 valence electrons. The highest BCUT2D eigenvalue weighted by molar-refractivity contribution is 7.89. The van der Waals surface area contributed by atoms with Gasteiger partial charge in [-0.2, -0.15) is 5.10 Å². The quantitative estimate of drug-likeness (QED) is 0.659. The number of furan rings is 1. The van der Waals surface area contributed by atoms with Gasteiger partial charge in [-0.15, -0.1) is 0 Å². The first-order chi connectivity index (χ1) is 13.5. The highest BCUT2D eigenvalue weighted by Crippen LogP contribution is 2.32. The Morgan fingerprint density at radius 1 is 1.07 bits per heavy atom. The number of sulfonamides is 1.